The molecule has 0 N–H and O–H groups in total. The Morgan fingerprint density at radius 1 is 1.18 bits per heavy atom. The van der Waals surface area contributed by atoms with Crippen LogP contribution in [0.2, 0.25) is 0 Å². The van der Waals surface area contributed by atoms with Crippen molar-refractivity contribution in [3.05, 3.63) is 48.6 Å². The minimum Gasteiger partial charge on any atom is -0.103 e. The smallest absolute Gasteiger partial charge is 0.0139 e. The molecule has 0 saturated carbocycles. The van der Waals surface area contributed by atoms with E-state index in [0.29, 0.717) is 0 Å². The first-order valence-corrected chi connectivity index (χ1v) is 9.40. The molecule has 0 fully saturated rings. The molecule has 0 nitrogen and oxygen atoms in total. The van der Waals surface area contributed by atoms with E-state index in [1.165, 1.54) is 64.2 Å². The largest absolute Gasteiger partial charge is 0.103 e. The standard InChI is InChI=1S/C22H36/c1-4-7-11-16-20(14-5-2)19-22-18-13-10-8-9-12-17-21(22)15-6-3/h5-6,16-17,22H,2-4,7-15,18-19H2,1H3/b20-16-,21-17-. The second-order valence-corrected chi connectivity index (χ2v) is 6.66. The molecule has 1 unspecified atom stereocenters. The molecule has 1 aliphatic rings. The Kier molecular flexibility index (Phi) is 10.8. The van der Waals surface area contributed by atoms with E-state index in [-0.39, 0.29) is 0 Å². The quantitative estimate of drug-likeness (QED) is 0.305. The zero-order chi connectivity index (χ0) is 16.0. The molecule has 0 radical (unpaired) electrons. The van der Waals surface area contributed by atoms with Gasteiger partial charge in [-0.15, -0.1) is 13.2 Å². The van der Waals surface area contributed by atoms with Gasteiger partial charge in [0.1, 0.15) is 0 Å². The molecule has 22 heavy (non-hydrogen) atoms. The Bertz CT molecular complexity index is 369. The minimum atomic E-state index is 0.726. The van der Waals surface area contributed by atoms with Crippen molar-refractivity contribution >= 4 is 0 Å². The Labute approximate surface area is 139 Å². The van der Waals surface area contributed by atoms with Gasteiger partial charge in [0.15, 0.2) is 0 Å². The van der Waals surface area contributed by atoms with Crippen LogP contribution in [-0.2, 0) is 0 Å². The molecule has 0 heterocycles. The van der Waals surface area contributed by atoms with E-state index in [2.05, 4.69) is 44.4 Å². The first-order valence-electron chi connectivity index (χ1n) is 9.40. The van der Waals surface area contributed by atoms with Gasteiger partial charge in [0.25, 0.3) is 0 Å². The summed E-state index contributed by atoms with van der Waals surface area (Å²) < 4.78 is 0. The molecule has 1 aliphatic carbocycles. The number of rotatable bonds is 9. The highest BCUT2D eigenvalue weighted by Crippen LogP contribution is 2.31. The summed E-state index contributed by atoms with van der Waals surface area (Å²) in [7, 11) is 0. The van der Waals surface area contributed by atoms with Crippen molar-refractivity contribution in [2.24, 2.45) is 5.92 Å². The fourth-order valence-electron chi connectivity index (χ4n) is 3.44. The second kappa shape index (κ2) is 12.5. The van der Waals surface area contributed by atoms with E-state index in [1.54, 1.807) is 11.1 Å². The lowest BCUT2D eigenvalue weighted by Gasteiger charge is -2.21. The van der Waals surface area contributed by atoms with Crippen LogP contribution in [0.15, 0.2) is 48.6 Å². The molecule has 0 aromatic carbocycles. The van der Waals surface area contributed by atoms with Crippen molar-refractivity contribution in [1.29, 1.82) is 0 Å². The molecule has 1 rings (SSSR count). The van der Waals surface area contributed by atoms with Gasteiger partial charge in [-0.3, -0.25) is 0 Å². The number of hydrogen-bond donors (Lipinski definition) is 0. The molecule has 124 valence electrons. The normalized spacial score (nSPS) is 22.9. The fraction of sp³-hybridized carbons (Fsp3) is 0.636. The van der Waals surface area contributed by atoms with Crippen molar-refractivity contribution in [3.63, 3.8) is 0 Å². The lowest BCUT2D eigenvalue weighted by atomic mass is 9.84. The first-order chi connectivity index (χ1) is 10.8. The van der Waals surface area contributed by atoms with Crippen LogP contribution in [0, 0.1) is 5.92 Å². The SMILES string of the molecule is C=CC/C(=C/CCCC)CC1CCCCCC/C=C\1CC=C. The van der Waals surface area contributed by atoms with E-state index < -0.39 is 0 Å². The highest BCUT2D eigenvalue weighted by molar-refractivity contribution is 5.17. The molecular formula is C22H36. The van der Waals surface area contributed by atoms with Crippen molar-refractivity contribution in [1.82, 2.24) is 0 Å². The number of hydrogen-bond acceptors (Lipinski definition) is 0. The van der Waals surface area contributed by atoms with Gasteiger partial charge < -0.3 is 0 Å². The maximum Gasteiger partial charge on any atom is -0.0139 e. The van der Waals surface area contributed by atoms with Gasteiger partial charge in [0.05, 0.1) is 0 Å². The van der Waals surface area contributed by atoms with Crippen molar-refractivity contribution in [2.45, 2.75) is 84.0 Å². The summed E-state index contributed by atoms with van der Waals surface area (Å²) >= 11 is 0. The molecule has 0 heteroatoms. The average Bonchev–Trinajstić information content (AvgIpc) is 2.61. The van der Waals surface area contributed by atoms with Gasteiger partial charge >= 0.3 is 0 Å². The topological polar surface area (TPSA) is 0 Å². The maximum atomic E-state index is 3.97. The molecule has 0 amide bonds. The van der Waals surface area contributed by atoms with Crippen LogP contribution in [-0.4, -0.2) is 0 Å². The molecule has 0 aromatic heterocycles. The van der Waals surface area contributed by atoms with Crippen molar-refractivity contribution in [3.8, 4) is 0 Å². The van der Waals surface area contributed by atoms with Gasteiger partial charge in [-0.25, -0.2) is 0 Å². The molecule has 0 bridgehead atoms. The Balaban J connectivity index is 2.78. The average molecular weight is 301 g/mol. The predicted molar refractivity (Wildman–Crippen MR) is 101 cm³/mol. The summed E-state index contributed by atoms with van der Waals surface area (Å²) in [6.45, 7) is 10.2. The zero-order valence-corrected chi connectivity index (χ0v) is 14.8. The van der Waals surface area contributed by atoms with Gasteiger partial charge in [-0.05, 0) is 50.9 Å². The highest BCUT2D eigenvalue weighted by atomic mass is 14.2. The van der Waals surface area contributed by atoms with E-state index in [1.807, 2.05) is 0 Å². The van der Waals surface area contributed by atoms with Crippen LogP contribution in [0.3, 0.4) is 0 Å². The zero-order valence-electron chi connectivity index (χ0n) is 14.8. The Morgan fingerprint density at radius 3 is 2.73 bits per heavy atom. The minimum absolute atomic E-state index is 0.726. The Hall–Kier alpha value is -1.04. The van der Waals surface area contributed by atoms with Crippen LogP contribution in [0.4, 0.5) is 0 Å². The number of unbranched alkanes of at least 4 members (excludes halogenated alkanes) is 2. The molecular weight excluding hydrogens is 264 g/mol. The summed E-state index contributed by atoms with van der Waals surface area (Å²) in [6, 6.07) is 0. The second-order valence-electron chi connectivity index (χ2n) is 6.66. The summed E-state index contributed by atoms with van der Waals surface area (Å²) in [6.07, 6.45) is 24.5. The number of allylic oxidation sites excluding steroid dienone is 6. The maximum absolute atomic E-state index is 3.97. The lowest BCUT2D eigenvalue weighted by Crippen LogP contribution is -2.06. The monoisotopic (exact) mass is 300 g/mol. The van der Waals surface area contributed by atoms with Crippen LogP contribution < -0.4 is 0 Å². The first kappa shape index (κ1) is 19.0. The van der Waals surface area contributed by atoms with Crippen LogP contribution in [0.5, 0.6) is 0 Å². The van der Waals surface area contributed by atoms with Crippen LogP contribution in [0.25, 0.3) is 0 Å². The Morgan fingerprint density at radius 2 is 2.00 bits per heavy atom. The summed E-state index contributed by atoms with van der Waals surface area (Å²) in [4.78, 5) is 0. The van der Waals surface area contributed by atoms with Gasteiger partial charge in [0, 0.05) is 0 Å². The summed E-state index contributed by atoms with van der Waals surface area (Å²) in [5.74, 6) is 0.726. The third kappa shape index (κ3) is 7.82. The fourth-order valence-corrected chi connectivity index (χ4v) is 3.44. The predicted octanol–water partition coefficient (Wildman–Crippen LogP) is 7.54. The van der Waals surface area contributed by atoms with Crippen molar-refractivity contribution in [2.75, 3.05) is 0 Å². The molecule has 1 atom stereocenters. The lowest BCUT2D eigenvalue weighted by molar-refractivity contribution is 0.503. The van der Waals surface area contributed by atoms with Crippen LogP contribution in [0.1, 0.15) is 84.0 Å². The summed E-state index contributed by atoms with van der Waals surface area (Å²) in [5.41, 5.74) is 3.24. The van der Waals surface area contributed by atoms with E-state index in [4.69, 9.17) is 0 Å². The third-order valence-electron chi connectivity index (χ3n) is 4.72. The van der Waals surface area contributed by atoms with Gasteiger partial charge in [0.2, 0.25) is 0 Å². The molecule has 0 saturated heterocycles. The van der Waals surface area contributed by atoms with E-state index in [0.717, 1.165) is 18.8 Å². The molecule has 0 aliphatic heterocycles. The summed E-state index contributed by atoms with van der Waals surface area (Å²) in [5, 5.41) is 0. The van der Waals surface area contributed by atoms with Gasteiger partial charge in [-0.2, -0.15) is 0 Å². The highest BCUT2D eigenvalue weighted by Gasteiger charge is 2.16. The van der Waals surface area contributed by atoms with Crippen molar-refractivity contribution < 1.29 is 0 Å². The van der Waals surface area contributed by atoms with Crippen LogP contribution >= 0.6 is 0 Å². The van der Waals surface area contributed by atoms with E-state index in [9.17, 15) is 0 Å². The van der Waals surface area contributed by atoms with E-state index >= 15 is 0 Å². The third-order valence-corrected chi connectivity index (χ3v) is 4.72. The molecule has 0 spiro atoms. The molecule has 0 aromatic rings. The van der Waals surface area contributed by atoms with Gasteiger partial charge in [-0.1, -0.05) is 74.5 Å².